The monoisotopic (exact) mass is 261 g/mol. The Labute approximate surface area is 114 Å². The standard InChI is InChI=1S/C14H23N5/c1-2-13-16-12(15)9-14(17-13)19-7-5-18(6-8-19)10-11-3-4-11/h9,11H,2-8,10H2,1H3,(H2,15,16,17). The zero-order valence-electron chi connectivity index (χ0n) is 11.7. The van der Waals surface area contributed by atoms with Crippen molar-refractivity contribution < 1.29 is 0 Å². The third-order valence-electron chi connectivity index (χ3n) is 4.00. The number of aryl methyl sites for hydroxylation is 1. The van der Waals surface area contributed by atoms with E-state index in [0.717, 1.165) is 50.2 Å². The first kappa shape index (κ1) is 12.7. The number of aromatic nitrogens is 2. The van der Waals surface area contributed by atoms with Crippen LogP contribution in [0.15, 0.2) is 6.07 Å². The summed E-state index contributed by atoms with van der Waals surface area (Å²) in [5.74, 6) is 3.40. The topological polar surface area (TPSA) is 58.3 Å². The maximum atomic E-state index is 5.85. The van der Waals surface area contributed by atoms with Crippen molar-refractivity contribution in [2.45, 2.75) is 26.2 Å². The minimum absolute atomic E-state index is 0.585. The van der Waals surface area contributed by atoms with E-state index >= 15 is 0 Å². The second-order valence-electron chi connectivity index (χ2n) is 5.65. The van der Waals surface area contributed by atoms with E-state index in [2.05, 4.69) is 26.7 Å². The lowest BCUT2D eigenvalue weighted by Gasteiger charge is -2.35. The maximum absolute atomic E-state index is 5.85. The molecule has 2 aliphatic rings. The quantitative estimate of drug-likeness (QED) is 0.881. The Morgan fingerprint density at radius 1 is 1.21 bits per heavy atom. The SMILES string of the molecule is CCc1nc(N)cc(N2CCN(CC3CC3)CC2)n1. The van der Waals surface area contributed by atoms with Gasteiger partial charge >= 0.3 is 0 Å². The summed E-state index contributed by atoms with van der Waals surface area (Å²) >= 11 is 0. The molecule has 2 fully saturated rings. The van der Waals surface area contributed by atoms with Crippen molar-refractivity contribution in [3.8, 4) is 0 Å². The van der Waals surface area contributed by atoms with Crippen LogP contribution in [0, 0.1) is 5.92 Å². The predicted molar refractivity (Wildman–Crippen MR) is 77.2 cm³/mol. The van der Waals surface area contributed by atoms with Crippen molar-refractivity contribution in [1.82, 2.24) is 14.9 Å². The smallest absolute Gasteiger partial charge is 0.134 e. The van der Waals surface area contributed by atoms with Gasteiger partial charge in [-0.15, -0.1) is 0 Å². The molecule has 0 bridgehead atoms. The molecule has 5 heteroatoms. The average molecular weight is 261 g/mol. The minimum Gasteiger partial charge on any atom is -0.384 e. The van der Waals surface area contributed by atoms with Crippen LogP contribution in [-0.2, 0) is 6.42 Å². The van der Waals surface area contributed by atoms with Crippen LogP contribution in [-0.4, -0.2) is 47.6 Å². The number of piperazine rings is 1. The molecule has 1 aliphatic heterocycles. The van der Waals surface area contributed by atoms with Crippen LogP contribution in [0.3, 0.4) is 0 Å². The Balaban J connectivity index is 1.62. The molecule has 1 saturated heterocycles. The number of hydrogen-bond acceptors (Lipinski definition) is 5. The van der Waals surface area contributed by atoms with Gasteiger partial charge in [0.05, 0.1) is 0 Å². The summed E-state index contributed by atoms with van der Waals surface area (Å²) in [6, 6.07) is 1.90. The number of hydrogen-bond donors (Lipinski definition) is 1. The molecule has 0 amide bonds. The fourth-order valence-electron chi connectivity index (χ4n) is 2.65. The van der Waals surface area contributed by atoms with Crippen LogP contribution in [0.2, 0.25) is 0 Å². The Morgan fingerprint density at radius 3 is 2.58 bits per heavy atom. The number of nitrogens with two attached hydrogens (primary N) is 1. The summed E-state index contributed by atoms with van der Waals surface area (Å²) < 4.78 is 0. The zero-order chi connectivity index (χ0) is 13.2. The highest BCUT2D eigenvalue weighted by Crippen LogP contribution is 2.30. The van der Waals surface area contributed by atoms with E-state index in [9.17, 15) is 0 Å². The Hall–Kier alpha value is -1.36. The first-order chi connectivity index (χ1) is 9.24. The highest BCUT2D eigenvalue weighted by atomic mass is 15.3. The third-order valence-corrected chi connectivity index (χ3v) is 4.00. The van der Waals surface area contributed by atoms with Crippen LogP contribution >= 0.6 is 0 Å². The molecule has 1 saturated carbocycles. The van der Waals surface area contributed by atoms with Gasteiger partial charge in [-0.3, -0.25) is 4.90 Å². The van der Waals surface area contributed by atoms with E-state index < -0.39 is 0 Å². The van der Waals surface area contributed by atoms with Gasteiger partial charge in [0.1, 0.15) is 17.5 Å². The minimum atomic E-state index is 0.585. The van der Waals surface area contributed by atoms with E-state index in [0.29, 0.717) is 5.82 Å². The summed E-state index contributed by atoms with van der Waals surface area (Å²) in [6.07, 6.45) is 3.70. The normalized spacial score (nSPS) is 20.8. The lowest BCUT2D eigenvalue weighted by molar-refractivity contribution is 0.247. The lowest BCUT2D eigenvalue weighted by Crippen LogP contribution is -2.47. The molecule has 0 radical (unpaired) electrons. The maximum Gasteiger partial charge on any atom is 0.134 e. The van der Waals surface area contributed by atoms with Crippen molar-refractivity contribution in [3.63, 3.8) is 0 Å². The van der Waals surface area contributed by atoms with Gasteiger partial charge in [-0.1, -0.05) is 6.92 Å². The number of nitrogen functional groups attached to an aromatic ring is 1. The van der Waals surface area contributed by atoms with Crippen molar-refractivity contribution >= 4 is 11.6 Å². The first-order valence-electron chi connectivity index (χ1n) is 7.35. The number of rotatable bonds is 4. The highest BCUT2D eigenvalue weighted by molar-refractivity contribution is 5.47. The molecular formula is C14H23N5. The van der Waals surface area contributed by atoms with Gasteiger partial charge in [0.2, 0.25) is 0 Å². The Morgan fingerprint density at radius 2 is 1.95 bits per heavy atom. The molecule has 2 heterocycles. The van der Waals surface area contributed by atoms with Crippen molar-refractivity contribution in [1.29, 1.82) is 0 Å². The summed E-state index contributed by atoms with van der Waals surface area (Å²) in [5, 5.41) is 0. The van der Waals surface area contributed by atoms with Gasteiger partial charge in [-0.2, -0.15) is 0 Å². The molecule has 1 aromatic rings. The zero-order valence-corrected chi connectivity index (χ0v) is 11.7. The Kier molecular flexibility index (Phi) is 3.55. The lowest BCUT2D eigenvalue weighted by atomic mass is 10.2. The molecule has 104 valence electrons. The van der Waals surface area contributed by atoms with E-state index in [1.165, 1.54) is 19.4 Å². The number of nitrogens with zero attached hydrogens (tertiary/aromatic N) is 4. The molecule has 0 unspecified atom stereocenters. The molecule has 1 aliphatic carbocycles. The van der Waals surface area contributed by atoms with Crippen LogP contribution < -0.4 is 10.6 Å². The molecule has 2 N–H and O–H groups in total. The molecule has 1 aromatic heterocycles. The highest BCUT2D eigenvalue weighted by Gasteiger charge is 2.26. The summed E-state index contributed by atoms with van der Waals surface area (Å²) in [7, 11) is 0. The van der Waals surface area contributed by atoms with Crippen LogP contribution in [0.1, 0.15) is 25.6 Å². The predicted octanol–water partition coefficient (Wildman–Crippen LogP) is 1.15. The van der Waals surface area contributed by atoms with E-state index in [1.807, 2.05) is 6.07 Å². The summed E-state index contributed by atoms with van der Waals surface area (Å²) in [5.41, 5.74) is 5.85. The summed E-state index contributed by atoms with van der Waals surface area (Å²) in [6.45, 7) is 7.73. The van der Waals surface area contributed by atoms with Crippen LogP contribution in [0.5, 0.6) is 0 Å². The molecule has 0 aromatic carbocycles. The van der Waals surface area contributed by atoms with Gasteiger partial charge in [0.15, 0.2) is 0 Å². The van der Waals surface area contributed by atoms with E-state index in [1.54, 1.807) is 0 Å². The third kappa shape index (κ3) is 3.15. The summed E-state index contributed by atoms with van der Waals surface area (Å²) in [4.78, 5) is 13.7. The first-order valence-corrected chi connectivity index (χ1v) is 7.35. The second kappa shape index (κ2) is 5.33. The van der Waals surface area contributed by atoms with Crippen molar-refractivity contribution in [2.75, 3.05) is 43.4 Å². The molecule has 0 atom stereocenters. The molecule has 19 heavy (non-hydrogen) atoms. The largest absolute Gasteiger partial charge is 0.384 e. The van der Waals surface area contributed by atoms with Gasteiger partial charge in [-0.25, -0.2) is 9.97 Å². The molecule has 5 nitrogen and oxygen atoms in total. The van der Waals surface area contributed by atoms with Gasteiger partial charge in [0, 0.05) is 45.2 Å². The van der Waals surface area contributed by atoms with Crippen LogP contribution in [0.25, 0.3) is 0 Å². The fourth-order valence-corrected chi connectivity index (χ4v) is 2.65. The molecular weight excluding hydrogens is 238 g/mol. The van der Waals surface area contributed by atoms with E-state index in [-0.39, 0.29) is 0 Å². The number of anilines is 2. The van der Waals surface area contributed by atoms with Gasteiger partial charge in [-0.05, 0) is 18.8 Å². The average Bonchev–Trinajstić information content (AvgIpc) is 3.23. The van der Waals surface area contributed by atoms with Gasteiger partial charge < -0.3 is 10.6 Å². The van der Waals surface area contributed by atoms with Crippen LogP contribution in [0.4, 0.5) is 11.6 Å². The van der Waals surface area contributed by atoms with E-state index in [4.69, 9.17) is 5.73 Å². The second-order valence-corrected chi connectivity index (χ2v) is 5.65. The fraction of sp³-hybridized carbons (Fsp3) is 0.714. The van der Waals surface area contributed by atoms with Crippen molar-refractivity contribution in [3.05, 3.63) is 11.9 Å². The Bertz CT molecular complexity index is 435. The van der Waals surface area contributed by atoms with Gasteiger partial charge in [0.25, 0.3) is 0 Å². The molecule has 0 spiro atoms. The molecule has 3 rings (SSSR count). The van der Waals surface area contributed by atoms with Crippen molar-refractivity contribution in [2.24, 2.45) is 5.92 Å².